The number of phenols is 4. The molecule has 8 aromatic carbocycles. The van der Waals surface area contributed by atoms with Gasteiger partial charge in [-0.05, 0) is 123 Å². The van der Waals surface area contributed by atoms with E-state index in [0.29, 0.717) is 70.2 Å². The minimum absolute atomic E-state index is 0.00297. The Balaban J connectivity index is 1.00. The maximum Gasteiger partial charge on any atom is 0.123 e. The van der Waals surface area contributed by atoms with E-state index in [2.05, 4.69) is 97.1 Å². The lowest BCUT2D eigenvalue weighted by molar-refractivity contribution is 0.175. The Morgan fingerprint density at radius 1 is 0.488 bits per heavy atom. The molecule has 8 nitrogen and oxygen atoms in total. The van der Waals surface area contributed by atoms with Crippen molar-refractivity contribution in [3.63, 3.8) is 0 Å². The Hall–Kier alpha value is -9.76. The van der Waals surface area contributed by atoms with Crippen molar-refractivity contribution in [1.29, 1.82) is 0 Å². The van der Waals surface area contributed by atoms with Gasteiger partial charge in [0.2, 0.25) is 0 Å². The molecule has 0 amide bonds. The molecule has 430 valence electrons. The number of aliphatic hydroxyl groups is 4. The first kappa shape index (κ1) is 56.7. The van der Waals surface area contributed by atoms with Crippen molar-refractivity contribution in [1.82, 2.24) is 0 Å². The van der Waals surface area contributed by atoms with Crippen LogP contribution in [0.15, 0.2) is 282 Å². The molecule has 0 saturated carbocycles. The molecule has 0 aliphatic heterocycles. The summed E-state index contributed by atoms with van der Waals surface area (Å²) in [7, 11) is 0. The van der Waals surface area contributed by atoms with Crippen LogP contribution in [0.5, 0.6) is 23.0 Å². The summed E-state index contributed by atoms with van der Waals surface area (Å²) in [4.78, 5) is 0. The third kappa shape index (κ3) is 11.7. The lowest BCUT2D eigenvalue weighted by Gasteiger charge is -2.35. The molecule has 4 aliphatic rings. The summed E-state index contributed by atoms with van der Waals surface area (Å²) in [5.41, 5.74) is 13.2. The highest BCUT2D eigenvalue weighted by Gasteiger charge is 2.38. The van der Waals surface area contributed by atoms with Crippen molar-refractivity contribution < 1.29 is 40.9 Å². The molecule has 0 fully saturated rings. The van der Waals surface area contributed by atoms with Gasteiger partial charge in [-0.15, -0.1) is 0 Å². The molecule has 0 bridgehead atoms. The summed E-state index contributed by atoms with van der Waals surface area (Å²) in [5.74, 6) is -3.90. The second-order valence-corrected chi connectivity index (χ2v) is 23.2. The molecule has 8 N–H and O–H groups in total. The lowest BCUT2D eigenvalue weighted by Crippen LogP contribution is -2.26. The predicted molar refractivity (Wildman–Crippen MR) is 343 cm³/mol. The van der Waals surface area contributed by atoms with E-state index < -0.39 is 29.8 Å². The molecule has 8 aromatic rings. The predicted octanol–water partition coefficient (Wildman–Crippen LogP) is 17.9. The summed E-state index contributed by atoms with van der Waals surface area (Å²) in [6.07, 6.45) is 17.3. The standard InChI is InChI=1S/C78H70O8/c1-2-49-40-62(70(81)44-68(49)79)76(58-33-27-55(28-34-58)51-17-9-4-10-18-51)64-42-66(74(85)46-72(64)83)78(60-37-31-57(32-38-60)53-21-13-6-14-22-53)67-43-65(73(84)47-75(67)86)77(59-35-29-56(30-36-59)52-19-11-5-12-20-52)63-41-61(69(80)45-71(63)82)39-48-23-25-54(26-24-48)50-15-7-3-8-16-50/h3-29,31-33,35-38,40,42-43,45-47,56,58,61,70,76-86H,2,30,34,39,41,44H2,1H3/t56-,58?,61?,70?,76+,77?,78+/m1/s1. The van der Waals surface area contributed by atoms with E-state index in [4.69, 9.17) is 0 Å². The number of aliphatic hydroxyl groups excluding tert-OH is 4. The van der Waals surface area contributed by atoms with Crippen molar-refractivity contribution in [2.45, 2.75) is 75.2 Å². The lowest BCUT2D eigenvalue weighted by atomic mass is 9.71. The summed E-state index contributed by atoms with van der Waals surface area (Å²) in [6.45, 7) is 1.95. The molecule has 12 rings (SSSR count). The molecule has 86 heavy (non-hydrogen) atoms. The maximum atomic E-state index is 12.5. The van der Waals surface area contributed by atoms with Gasteiger partial charge in [0.05, 0.1) is 17.6 Å². The molecule has 0 heterocycles. The van der Waals surface area contributed by atoms with Crippen LogP contribution >= 0.6 is 0 Å². The number of phenolic OH excluding ortho intramolecular Hbond substituents is 4. The number of hydrogen-bond donors (Lipinski definition) is 8. The van der Waals surface area contributed by atoms with Crippen molar-refractivity contribution >= 4 is 5.57 Å². The molecular formula is C78H70O8. The van der Waals surface area contributed by atoms with E-state index in [9.17, 15) is 40.9 Å². The van der Waals surface area contributed by atoms with E-state index in [1.807, 2.05) is 122 Å². The van der Waals surface area contributed by atoms with Gasteiger partial charge in [-0.25, -0.2) is 0 Å². The average Bonchev–Trinajstić information content (AvgIpc) is 2.41. The van der Waals surface area contributed by atoms with Crippen LogP contribution in [-0.2, 0) is 6.42 Å². The Bertz CT molecular complexity index is 4040. The first-order valence-corrected chi connectivity index (χ1v) is 29.8. The summed E-state index contributed by atoms with van der Waals surface area (Å²) >= 11 is 0. The Kier molecular flexibility index (Phi) is 16.4. The van der Waals surface area contributed by atoms with Gasteiger partial charge in [0.15, 0.2) is 0 Å². The fraction of sp³-hybridized carbons (Fsp3) is 0.179. The van der Waals surface area contributed by atoms with Crippen molar-refractivity contribution in [2.24, 2.45) is 11.8 Å². The van der Waals surface area contributed by atoms with Crippen LogP contribution in [0.2, 0.25) is 0 Å². The highest BCUT2D eigenvalue weighted by molar-refractivity contribution is 5.75. The molecule has 8 heteroatoms. The highest BCUT2D eigenvalue weighted by Crippen LogP contribution is 2.53. The summed E-state index contributed by atoms with van der Waals surface area (Å²) in [6, 6.07) is 62.9. The monoisotopic (exact) mass is 1130 g/mol. The average molecular weight is 1140 g/mol. The maximum absolute atomic E-state index is 12.5. The van der Waals surface area contributed by atoms with Crippen LogP contribution in [0, 0.1) is 11.8 Å². The van der Waals surface area contributed by atoms with E-state index in [-0.39, 0.29) is 65.0 Å². The Labute approximate surface area is 503 Å². The molecule has 0 radical (unpaired) electrons. The number of hydrogen-bond acceptors (Lipinski definition) is 8. The van der Waals surface area contributed by atoms with Crippen molar-refractivity contribution in [2.75, 3.05) is 0 Å². The van der Waals surface area contributed by atoms with Gasteiger partial charge in [0.1, 0.15) is 28.8 Å². The van der Waals surface area contributed by atoms with Gasteiger partial charge in [0.25, 0.3) is 0 Å². The van der Waals surface area contributed by atoms with Crippen LogP contribution < -0.4 is 0 Å². The fourth-order valence-corrected chi connectivity index (χ4v) is 13.4. The van der Waals surface area contributed by atoms with Crippen LogP contribution in [0.1, 0.15) is 107 Å². The first-order valence-electron chi connectivity index (χ1n) is 29.8. The molecular weight excluding hydrogens is 1060 g/mol. The number of allylic oxidation sites excluding steroid dienone is 13. The van der Waals surface area contributed by atoms with Crippen molar-refractivity contribution in [3.05, 3.63) is 327 Å². The topological polar surface area (TPSA) is 162 Å². The minimum atomic E-state index is -1.09. The van der Waals surface area contributed by atoms with Crippen LogP contribution in [0.25, 0.3) is 27.8 Å². The molecule has 0 saturated heterocycles. The highest BCUT2D eigenvalue weighted by atomic mass is 16.3. The second kappa shape index (κ2) is 24.8. The zero-order chi connectivity index (χ0) is 59.4. The molecule has 7 atom stereocenters. The number of benzene rings is 8. The van der Waals surface area contributed by atoms with E-state index in [0.717, 1.165) is 50.1 Å². The zero-order valence-electron chi connectivity index (χ0n) is 48.0. The van der Waals surface area contributed by atoms with Gasteiger partial charge in [-0.1, -0.05) is 219 Å². The minimum Gasteiger partial charge on any atom is -0.512 e. The SMILES string of the molecule is CCC1=C(O)CC(O)C([C@@H](c2cc([C@H](c3ccc(-c4ccccc4)cc3)c3cc(C(C4=CC[C@H](c5ccccc5)C=C4)C4=C(O)C=C(O)C(Cc5ccc(-c6ccccc6)cc5)C4)c(O)cc3O)c(O)cc2O)C2C=CC(c3ccccc3)=CC2)=C1. The van der Waals surface area contributed by atoms with Gasteiger partial charge in [-0.3, -0.25) is 0 Å². The van der Waals surface area contributed by atoms with E-state index in [1.54, 1.807) is 12.1 Å². The molecule has 0 spiro atoms. The third-order valence-corrected chi connectivity index (χ3v) is 17.9. The zero-order valence-corrected chi connectivity index (χ0v) is 48.0. The first-order chi connectivity index (χ1) is 41.9. The number of aromatic hydroxyl groups is 4. The fourth-order valence-electron chi connectivity index (χ4n) is 13.4. The quantitative estimate of drug-likeness (QED) is 0.0444. The van der Waals surface area contributed by atoms with Crippen LogP contribution in [-0.4, -0.2) is 47.0 Å². The van der Waals surface area contributed by atoms with Crippen LogP contribution in [0.4, 0.5) is 0 Å². The Morgan fingerprint density at radius 3 is 1.58 bits per heavy atom. The van der Waals surface area contributed by atoms with Gasteiger partial charge < -0.3 is 40.9 Å². The third-order valence-electron chi connectivity index (χ3n) is 17.9. The number of rotatable bonds is 16. The largest absolute Gasteiger partial charge is 0.512 e. The smallest absolute Gasteiger partial charge is 0.123 e. The second-order valence-electron chi connectivity index (χ2n) is 23.2. The normalized spacial score (nSPS) is 19.7. The van der Waals surface area contributed by atoms with Gasteiger partial charge in [0, 0.05) is 76.5 Å². The molecule has 4 aliphatic carbocycles. The van der Waals surface area contributed by atoms with E-state index in [1.165, 1.54) is 18.2 Å². The van der Waals surface area contributed by atoms with Gasteiger partial charge >= 0.3 is 0 Å². The van der Waals surface area contributed by atoms with Gasteiger partial charge in [-0.2, -0.15) is 0 Å². The van der Waals surface area contributed by atoms with Crippen molar-refractivity contribution in [3.8, 4) is 45.3 Å². The summed E-state index contributed by atoms with van der Waals surface area (Å²) in [5, 5.41) is 96.9. The van der Waals surface area contributed by atoms with Crippen LogP contribution in [0.3, 0.4) is 0 Å². The summed E-state index contributed by atoms with van der Waals surface area (Å²) < 4.78 is 0. The molecule has 4 unspecified atom stereocenters. The van der Waals surface area contributed by atoms with E-state index >= 15 is 0 Å². The Morgan fingerprint density at radius 2 is 1.02 bits per heavy atom. The molecule has 0 aromatic heterocycles.